The summed E-state index contributed by atoms with van der Waals surface area (Å²) in [6.45, 7) is -0.326. The second-order valence-corrected chi connectivity index (χ2v) is 10.9. The number of hydrogen-bond donors (Lipinski definition) is 0. The molecule has 11 nitrogen and oxygen atoms in total. The van der Waals surface area contributed by atoms with Crippen molar-refractivity contribution >= 4 is 17.5 Å². The molecule has 0 aromatic heterocycles. The zero-order valence-electron chi connectivity index (χ0n) is 25.6. The fourth-order valence-electron chi connectivity index (χ4n) is 6.58. The lowest BCUT2D eigenvalue weighted by Gasteiger charge is -2.42. The lowest BCUT2D eigenvalue weighted by atomic mass is 9.73. The number of fused-ring (bicyclic) bond motifs is 3. The topological polar surface area (TPSA) is 105 Å². The largest absolute Gasteiger partial charge is 0.497 e. The highest BCUT2D eigenvalue weighted by atomic mass is 19.4. The molecule has 3 aliphatic rings. The van der Waals surface area contributed by atoms with Gasteiger partial charge >= 0.3 is 12.1 Å². The summed E-state index contributed by atoms with van der Waals surface area (Å²) in [5, 5.41) is 0. The van der Waals surface area contributed by atoms with Crippen molar-refractivity contribution in [1.29, 1.82) is 0 Å². The van der Waals surface area contributed by atoms with Crippen LogP contribution < -0.4 is 38.1 Å². The number of rotatable bonds is 8. The van der Waals surface area contributed by atoms with Gasteiger partial charge in [-0.2, -0.15) is 13.2 Å². The van der Waals surface area contributed by atoms with Crippen molar-refractivity contribution < 1.29 is 55.9 Å². The number of anilines is 1. The maximum Gasteiger partial charge on any atom is 0.471 e. The average Bonchev–Trinajstić information content (AvgIpc) is 3.64. The predicted molar refractivity (Wildman–Crippen MR) is 156 cm³/mol. The van der Waals surface area contributed by atoms with Gasteiger partial charge in [-0.05, 0) is 41.5 Å². The Labute approximate surface area is 262 Å². The van der Waals surface area contributed by atoms with Crippen LogP contribution in [0.1, 0.15) is 22.6 Å². The van der Waals surface area contributed by atoms with Crippen LogP contribution in [0.25, 0.3) is 0 Å². The Kier molecular flexibility index (Phi) is 7.90. The summed E-state index contributed by atoms with van der Waals surface area (Å²) in [5.74, 6) is -2.24. The Balaban J connectivity index is 1.55. The van der Waals surface area contributed by atoms with Crippen LogP contribution >= 0.6 is 0 Å². The molecule has 6 rings (SSSR count). The van der Waals surface area contributed by atoms with E-state index in [2.05, 4.69) is 0 Å². The molecule has 46 heavy (non-hydrogen) atoms. The van der Waals surface area contributed by atoms with Crippen LogP contribution in [-0.2, 0) is 16.1 Å². The summed E-state index contributed by atoms with van der Waals surface area (Å²) in [6, 6.07) is 10.1. The minimum absolute atomic E-state index is 0.00803. The Bertz CT molecular complexity index is 1670. The Morgan fingerprint density at radius 3 is 2.11 bits per heavy atom. The molecule has 0 spiro atoms. The Morgan fingerprint density at radius 2 is 1.52 bits per heavy atom. The molecule has 3 aromatic rings. The molecule has 2 amide bonds. The minimum Gasteiger partial charge on any atom is -0.497 e. The van der Waals surface area contributed by atoms with Gasteiger partial charge < -0.3 is 38.1 Å². The summed E-state index contributed by atoms with van der Waals surface area (Å²) < 4.78 is 81.3. The highest BCUT2D eigenvalue weighted by Crippen LogP contribution is 2.55. The Hall–Kier alpha value is -5.01. The molecule has 244 valence electrons. The van der Waals surface area contributed by atoms with Crippen LogP contribution in [0.2, 0.25) is 0 Å². The molecular weight excluding hydrogens is 613 g/mol. The van der Waals surface area contributed by atoms with E-state index in [4.69, 9.17) is 33.2 Å². The molecule has 0 bridgehead atoms. The number of ether oxygens (including phenoxy) is 7. The van der Waals surface area contributed by atoms with Crippen LogP contribution in [-0.4, -0.2) is 77.8 Å². The lowest BCUT2D eigenvalue weighted by molar-refractivity contribution is -0.171. The number of amides is 2. The molecule has 3 unspecified atom stereocenters. The second kappa shape index (κ2) is 11.7. The number of halogens is 3. The summed E-state index contributed by atoms with van der Waals surface area (Å²) in [7, 11) is 7.28. The first-order valence-corrected chi connectivity index (χ1v) is 14.2. The van der Waals surface area contributed by atoms with Crippen molar-refractivity contribution in [1.82, 2.24) is 4.90 Å². The molecule has 14 heteroatoms. The molecule has 3 aromatic carbocycles. The van der Waals surface area contributed by atoms with E-state index in [1.54, 1.807) is 30.3 Å². The first-order chi connectivity index (χ1) is 22.0. The quantitative estimate of drug-likeness (QED) is 0.350. The monoisotopic (exact) mass is 644 g/mol. The van der Waals surface area contributed by atoms with Crippen molar-refractivity contribution in [3.05, 3.63) is 59.2 Å². The number of carbonyl (C=O) groups excluding carboxylic acids is 2. The van der Waals surface area contributed by atoms with E-state index in [0.717, 1.165) is 0 Å². The standard InChI is InChI=1S/C32H31F3N2O9/c1-40-18-7-6-16(22(10-18)41-2)13-36-14-21-28(30(36)38)27(17-8-25(42-3)29(44-5)26(9-17)43-4)19-11-23-24(46-15-45-23)12-20(19)37(21)31(39)32(33,34)35/h6-12,21,27-28H,13-15H2,1-5H3. The molecule has 3 atom stereocenters. The minimum atomic E-state index is -5.23. The summed E-state index contributed by atoms with van der Waals surface area (Å²) >= 11 is 0. The summed E-state index contributed by atoms with van der Waals surface area (Å²) in [6.07, 6.45) is -5.23. The molecule has 1 saturated heterocycles. The number of nitrogens with zero attached hydrogens (tertiary/aromatic N) is 2. The van der Waals surface area contributed by atoms with Gasteiger partial charge in [-0.3, -0.25) is 14.5 Å². The maximum atomic E-state index is 14.4. The number of hydrogen-bond acceptors (Lipinski definition) is 9. The van der Waals surface area contributed by atoms with E-state index in [9.17, 15) is 22.8 Å². The van der Waals surface area contributed by atoms with Gasteiger partial charge in [0.2, 0.25) is 18.4 Å². The van der Waals surface area contributed by atoms with Crippen molar-refractivity contribution in [3.63, 3.8) is 0 Å². The summed E-state index contributed by atoms with van der Waals surface area (Å²) in [4.78, 5) is 29.8. The smallest absolute Gasteiger partial charge is 0.471 e. The van der Waals surface area contributed by atoms with Crippen LogP contribution in [0.15, 0.2) is 42.5 Å². The Morgan fingerprint density at radius 1 is 0.870 bits per heavy atom. The van der Waals surface area contributed by atoms with Crippen molar-refractivity contribution in [3.8, 4) is 40.2 Å². The van der Waals surface area contributed by atoms with Crippen LogP contribution in [0.4, 0.5) is 18.9 Å². The summed E-state index contributed by atoms with van der Waals surface area (Å²) in [5.41, 5.74) is 1.34. The highest BCUT2D eigenvalue weighted by molar-refractivity contribution is 6.02. The number of alkyl halides is 3. The number of carbonyl (C=O) groups is 2. The van der Waals surface area contributed by atoms with E-state index < -0.39 is 35.9 Å². The molecule has 3 aliphatic heterocycles. The van der Waals surface area contributed by atoms with Gasteiger partial charge in [-0.15, -0.1) is 0 Å². The SMILES string of the molecule is COc1ccc(CN2CC3C(C2=O)C(c2cc(OC)c(OC)c(OC)c2)c2cc4c(cc2N3C(=O)C(F)(F)F)OCO4)c(OC)c1. The molecule has 1 fully saturated rings. The van der Waals surface area contributed by atoms with E-state index >= 15 is 0 Å². The van der Waals surface area contributed by atoms with Crippen molar-refractivity contribution in [2.24, 2.45) is 5.92 Å². The third-order valence-corrected chi connectivity index (χ3v) is 8.59. The van der Waals surface area contributed by atoms with E-state index in [0.29, 0.717) is 33.3 Å². The van der Waals surface area contributed by atoms with Gasteiger partial charge in [0.15, 0.2) is 23.0 Å². The maximum absolute atomic E-state index is 14.4. The molecule has 0 saturated carbocycles. The molecular formula is C32H31F3N2O9. The van der Waals surface area contributed by atoms with Crippen molar-refractivity contribution in [2.75, 3.05) is 53.8 Å². The molecule has 3 heterocycles. The van der Waals surface area contributed by atoms with E-state index in [1.807, 2.05) is 0 Å². The van der Waals surface area contributed by atoms with E-state index in [-0.39, 0.29) is 54.1 Å². The lowest BCUT2D eigenvalue weighted by Crippen LogP contribution is -2.54. The second-order valence-electron chi connectivity index (χ2n) is 10.9. The fourth-order valence-corrected chi connectivity index (χ4v) is 6.58. The van der Waals surface area contributed by atoms with Gasteiger partial charge in [-0.1, -0.05) is 0 Å². The zero-order valence-corrected chi connectivity index (χ0v) is 25.6. The predicted octanol–water partition coefficient (Wildman–Crippen LogP) is 4.53. The zero-order chi connectivity index (χ0) is 32.9. The van der Waals surface area contributed by atoms with Crippen molar-refractivity contribution in [2.45, 2.75) is 24.7 Å². The van der Waals surface area contributed by atoms with Gasteiger partial charge in [0.25, 0.3) is 0 Å². The van der Waals surface area contributed by atoms with Crippen LogP contribution in [0, 0.1) is 5.92 Å². The number of methoxy groups -OCH3 is 5. The average molecular weight is 645 g/mol. The van der Waals surface area contributed by atoms with E-state index in [1.165, 1.54) is 52.6 Å². The number of likely N-dealkylation sites (tertiary alicyclic amines) is 1. The highest BCUT2D eigenvalue weighted by Gasteiger charge is 2.58. The van der Waals surface area contributed by atoms with Gasteiger partial charge in [0.05, 0.1) is 53.2 Å². The first kappa shape index (κ1) is 31.0. The van der Waals surface area contributed by atoms with Crippen LogP contribution in [0.3, 0.4) is 0 Å². The van der Waals surface area contributed by atoms with Crippen LogP contribution in [0.5, 0.6) is 40.2 Å². The molecule has 0 N–H and O–H groups in total. The first-order valence-electron chi connectivity index (χ1n) is 14.2. The van der Waals surface area contributed by atoms with Gasteiger partial charge in [0, 0.05) is 36.7 Å². The third-order valence-electron chi connectivity index (χ3n) is 8.59. The molecule has 0 radical (unpaired) electrons. The molecule has 0 aliphatic carbocycles. The van der Waals surface area contributed by atoms with Gasteiger partial charge in [0.1, 0.15) is 11.5 Å². The fraction of sp³-hybridized carbons (Fsp3) is 0.375. The van der Waals surface area contributed by atoms with Gasteiger partial charge in [-0.25, -0.2) is 0 Å². The third kappa shape index (κ3) is 5.01. The number of benzene rings is 3. The normalized spacial score (nSPS) is 19.8.